The third kappa shape index (κ3) is 5.53. The van der Waals surface area contributed by atoms with Gasteiger partial charge in [-0.1, -0.05) is 85.8 Å². The monoisotopic (exact) mass is 379 g/mol. The van der Waals surface area contributed by atoms with Crippen LogP contribution in [0.15, 0.2) is 78.9 Å². The fraction of sp³-hybridized carbons (Fsp3) is 0.208. The molecule has 3 heteroatoms. The van der Waals surface area contributed by atoms with E-state index in [1.807, 2.05) is 54.6 Å². The lowest BCUT2D eigenvalue weighted by molar-refractivity contribution is 0.103. The molecule has 0 amide bonds. The van der Waals surface area contributed by atoms with Crippen molar-refractivity contribution in [3.63, 3.8) is 0 Å². The molecule has 0 saturated carbocycles. The molecule has 0 aliphatic carbocycles. The molecule has 0 spiro atoms. The van der Waals surface area contributed by atoms with Crippen molar-refractivity contribution in [3.05, 3.63) is 95.6 Å². The Kier molecular flexibility index (Phi) is 7.78. The van der Waals surface area contributed by atoms with Crippen LogP contribution in [0, 0.1) is 0 Å². The first-order valence-corrected chi connectivity index (χ1v) is 9.20. The van der Waals surface area contributed by atoms with Crippen LogP contribution in [0.5, 0.6) is 0 Å². The van der Waals surface area contributed by atoms with E-state index in [2.05, 4.69) is 43.4 Å². The minimum absolute atomic E-state index is 0. The van der Waals surface area contributed by atoms with E-state index in [-0.39, 0.29) is 18.2 Å². The molecule has 0 aliphatic rings. The predicted octanol–water partition coefficient (Wildman–Crippen LogP) is 5.89. The zero-order valence-electron chi connectivity index (χ0n) is 15.8. The quantitative estimate of drug-likeness (QED) is 0.518. The average molecular weight is 380 g/mol. The second kappa shape index (κ2) is 10.1. The van der Waals surface area contributed by atoms with Crippen molar-refractivity contribution >= 4 is 18.2 Å². The van der Waals surface area contributed by atoms with E-state index in [9.17, 15) is 4.79 Å². The Morgan fingerprint density at radius 3 is 1.89 bits per heavy atom. The summed E-state index contributed by atoms with van der Waals surface area (Å²) in [6, 6.07) is 26.4. The third-order valence-electron chi connectivity index (χ3n) is 4.74. The molecule has 0 aromatic heterocycles. The van der Waals surface area contributed by atoms with Gasteiger partial charge in [-0.05, 0) is 30.0 Å². The van der Waals surface area contributed by atoms with Gasteiger partial charge in [-0.15, -0.1) is 12.4 Å². The maximum atomic E-state index is 12.5. The summed E-state index contributed by atoms with van der Waals surface area (Å²) in [5, 5.41) is 3.51. The third-order valence-corrected chi connectivity index (χ3v) is 4.74. The number of hydrogen-bond acceptors (Lipinski definition) is 2. The number of halogens is 1. The van der Waals surface area contributed by atoms with Crippen LogP contribution in [0.2, 0.25) is 0 Å². The van der Waals surface area contributed by atoms with Gasteiger partial charge in [-0.3, -0.25) is 4.79 Å². The zero-order chi connectivity index (χ0) is 18.4. The molecule has 1 atom stereocenters. The summed E-state index contributed by atoms with van der Waals surface area (Å²) in [6.45, 7) is 5.28. The molecule has 0 bridgehead atoms. The topological polar surface area (TPSA) is 29.1 Å². The molecular formula is C24H26ClNO. The van der Waals surface area contributed by atoms with E-state index < -0.39 is 0 Å². The molecule has 3 aromatic rings. The zero-order valence-corrected chi connectivity index (χ0v) is 16.6. The average Bonchev–Trinajstić information content (AvgIpc) is 2.72. The van der Waals surface area contributed by atoms with Crippen molar-refractivity contribution < 1.29 is 4.79 Å². The molecule has 3 aromatic carbocycles. The molecule has 0 aliphatic heterocycles. The SMILES string of the molecule is CCC(C)NCc1ccc(-c2ccc(C(=O)c3ccccc3)cc2)cc1.Cl. The summed E-state index contributed by atoms with van der Waals surface area (Å²) in [5.74, 6) is 0.0589. The molecule has 27 heavy (non-hydrogen) atoms. The van der Waals surface area contributed by atoms with E-state index in [0.717, 1.165) is 29.7 Å². The molecule has 0 saturated heterocycles. The highest BCUT2D eigenvalue weighted by molar-refractivity contribution is 6.09. The summed E-state index contributed by atoms with van der Waals surface area (Å²) in [5.41, 5.74) is 5.00. The van der Waals surface area contributed by atoms with Gasteiger partial charge in [0.2, 0.25) is 0 Å². The van der Waals surface area contributed by atoms with Crippen LogP contribution in [0.4, 0.5) is 0 Å². The van der Waals surface area contributed by atoms with Crippen molar-refractivity contribution in [2.24, 2.45) is 0 Å². The van der Waals surface area contributed by atoms with Crippen molar-refractivity contribution in [3.8, 4) is 11.1 Å². The molecule has 0 heterocycles. The number of nitrogens with one attached hydrogen (secondary N) is 1. The van der Waals surface area contributed by atoms with Crippen molar-refractivity contribution in [2.75, 3.05) is 0 Å². The Bertz CT molecular complexity index is 842. The lowest BCUT2D eigenvalue weighted by Gasteiger charge is -2.11. The number of carbonyl (C=O) groups is 1. The van der Waals surface area contributed by atoms with Crippen LogP contribution < -0.4 is 5.32 Å². The van der Waals surface area contributed by atoms with Crippen LogP contribution >= 0.6 is 12.4 Å². The maximum absolute atomic E-state index is 12.5. The second-order valence-electron chi connectivity index (χ2n) is 6.66. The van der Waals surface area contributed by atoms with E-state index in [1.54, 1.807) is 0 Å². The molecular weight excluding hydrogens is 354 g/mol. The van der Waals surface area contributed by atoms with Gasteiger partial charge in [-0.2, -0.15) is 0 Å². The Balaban J connectivity index is 0.00000261. The van der Waals surface area contributed by atoms with Crippen molar-refractivity contribution in [1.29, 1.82) is 0 Å². The number of benzene rings is 3. The van der Waals surface area contributed by atoms with Gasteiger partial charge in [0.15, 0.2) is 5.78 Å². The second-order valence-corrected chi connectivity index (χ2v) is 6.66. The summed E-state index contributed by atoms with van der Waals surface area (Å²) < 4.78 is 0. The minimum Gasteiger partial charge on any atom is -0.310 e. The summed E-state index contributed by atoms with van der Waals surface area (Å²) >= 11 is 0. The van der Waals surface area contributed by atoms with Gasteiger partial charge in [0.25, 0.3) is 0 Å². The Morgan fingerprint density at radius 2 is 1.33 bits per heavy atom. The van der Waals surface area contributed by atoms with Crippen molar-refractivity contribution in [2.45, 2.75) is 32.9 Å². The van der Waals surface area contributed by atoms with Gasteiger partial charge < -0.3 is 5.32 Å². The van der Waals surface area contributed by atoms with Crippen LogP contribution in [0.1, 0.15) is 41.8 Å². The molecule has 140 valence electrons. The van der Waals surface area contributed by atoms with Gasteiger partial charge >= 0.3 is 0 Å². The largest absolute Gasteiger partial charge is 0.310 e. The fourth-order valence-electron chi connectivity index (χ4n) is 2.82. The smallest absolute Gasteiger partial charge is 0.193 e. The molecule has 3 rings (SSSR count). The Hall–Kier alpha value is -2.42. The van der Waals surface area contributed by atoms with Crippen LogP contribution in [0.25, 0.3) is 11.1 Å². The first kappa shape index (κ1) is 20.9. The minimum atomic E-state index is 0. The molecule has 2 nitrogen and oxygen atoms in total. The molecule has 1 N–H and O–H groups in total. The van der Waals surface area contributed by atoms with Gasteiger partial charge in [0.1, 0.15) is 0 Å². The first-order valence-electron chi connectivity index (χ1n) is 9.20. The standard InChI is InChI=1S/C24H25NO.ClH/c1-3-18(2)25-17-19-9-11-20(12-10-19)21-13-15-23(16-14-21)24(26)22-7-5-4-6-8-22;/h4-16,18,25H,3,17H2,1-2H3;1H. The number of rotatable bonds is 7. The molecule has 1 unspecified atom stereocenters. The normalized spacial score (nSPS) is 11.5. The number of ketones is 1. The van der Waals surface area contributed by atoms with Gasteiger partial charge in [0.05, 0.1) is 0 Å². The highest BCUT2D eigenvalue weighted by atomic mass is 35.5. The Morgan fingerprint density at radius 1 is 0.815 bits per heavy atom. The summed E-state index contributed by atoms with van der Waals surface area (Å²) in [7, 11) is 0. The van der Waals surface area contributed by atoms with E-state index in [1.165, 1.54) is 5.56 Å². The van der Waals surface area contributed by atoms with E-state index in [4.69, 9.17) is 0 Å². The van der Waals surface area contributed by atoms with Crippen LogP contribution in [0.3, 0.4) is 0 Å². The van der Waals surface area contributed by atoms with E-state index in [0.29, 0.717) is 11.6 Å². The lowest BCUT2D eigenvalue weighted by atomic mass is 9.99. The highest BCUT2D eigenvalue weighted by Crippen LogP contribution is 2.21. The summed E-state index contributed by atoms with van der Waals surface area (Å²) in [6.07, 6.45) is 1.13. The van der Waals surface area contributed by atoms with E-state index >= 15 is 0 Å². The van der Waals surface area contributed by atoms with Crippen LogP contribution in [-0.4, -0.2) is 11.8 Å². The van der Waals surface area contributed by atoms with Crippen molar-refractivity contribution in [1.82, 2.24) is 5.32 Å². The maximum Gasteiger partial charge on any atom is 0.193 e. The first-order chi connectivity index (χ1) is 12.7. The Labute approximate surface area is 168 Å². The summed E-state index contributed by atoms with van der Waals surface area (Å²) in [4.78, 5) is 12.5. The fourth-order valence-corrected chi connectivity index (χ4v) is 2.82. The van der Waals surface area contributed by atoms with Crippen LogP contribution in [-0.2, 0) is 6.54 Å². The predicted molar refractivity (Wildman–Crippen MR) is 116 cm³/mol. The molecule has 0 fully saturated rings. The highest BCUT2D eigenvalue weighted by Gasteiger charge is 2.08. The lowest BCUT2D eigenvalue weighted by Crippen LogP contribution is -2.24. The number of hydrogen-bond donors (Lipinski definition) is 1. The number of carbonyl (C=O) groups excluding carboxylic acids is 1. The van der Waals surface area contributed by atoms with Gasteiger partial charge in [0, 0.05) is 23.7 Å². The molecule has 0 radical (unpaired) electrons. The van der Waals surface area contributed by atoms with Gasteiger partial charge in [-0.25, -0.2) is 0 Å².